The van der Waals surface area contributed by atoms with Gasteiger partial charge in [-0.15, -0.1) is 0 Å². The van der Waals surface area contributed by atoms with Crippen molar-refractivity contribution in [2.75, 3.05) is 18.8 Å². The predicted molar refractivity (Wildman–Crippen MR) is 170 cm³/mol. The monoisotopic (exact) mass is 578 g/mol. The molecule has 44 heavy (non-hydrogen) atoms. The average Bonchev–Trinajstić information content (AvgIpc) is 3.45. The van der Waals surface area contributed by atoms with Gasteiger partial charge in [0, 0.05) is 43.3 Å². The van der Waals surface area contributed by atoms with E-state index in [0.29, 0.717) is 23.1 Å². The minimum Gasteiger partial charge on any atom is -0.473 e. The van der Waals surface area contributed by atoms with Crippen molar-refractivity contribution in [2.24, 2.45) is 0 Å². The standard InChI is InChI=1S/C35H30N8O/c36-22-26-8-4-19-39-35(26)44-28-16-20-42(21-17-28)23-24-10-12-27(13-11-24)43-33(29-9-5-18-38-32(29)37)41-31-15-14-30(40-34(31)43)25-6-2-1-3-7-25/h1-15,18-19,28H,16-17,20-21,23H2,(H2,37,38). The Morgan fingerprint density at radius 1 is 0.841 bits per heavy atom. The number of ether oxygens (including phenoxy) is 1. The lowest BCUT2D eigenvalue weighted by Crippen LogP contribution is -2.38. The first-order chi connectivity index (χ1) is 21.7. The number of likely N-dealkylation sites (tertiary alicyclic amines) is 1. The lowest BCUT2D eigenvalue weighted by molar-refractivity contribution is 0.0930. The van der Waals surface area contributed by atoms with Crippen molar-refractivity contribution >= 4 is 17.0 Å². The Morgan fingerprint density at radius 2 is 1.61 bits per heavy atom. The zero-order chi connectivity index (χ0) is 29.9. The Morgan fingerprint density at radius 3 is 2.39 bits per heavy atom. The highest BCUT2D eigenvalue weighted by molar-refractivity contribution is 5.84. The molecule has 0 atom stereocenters. The van der Waals surface area contributed by atoms with Gasteiger partial charge in [-0.25, -0.2) is 19.9 Å². The summed E-state index contributed by atoms with van der Waals surface area (Å²) in [5, 5.41) is 9.34. The molecule has 9 heteroatoms. The number of nitrogens with zero attached hydrogens (tertiary/aromatic N) is 7. The molecule has 0 bridgehead atoms. The van der Waals surface area contributed by atoms with Crippen LogP contribution in [0, 0.1) is 11.3 Å². The summed E-state index contributed by atoms with van der Waals surface area (Å²) in [6.07, 6.45) is 5.16. The summed E-state index contributed by atoms with van der Waals surface area (Å²) in [5.74, 6) is 1.54. The fourth-order valence-corrected chi connectivity index (χ4v) is 5.68. The quantitative estimate of drug-likeness (QED) is 0.244. The molecule has 216 valence electrons. The van der Waals surface area contributed by atoms with Crippen LogP contribution >= 0.6 is 0 Å². The van der Waals surface area contributed by atoms with Crippen molar-refractivity contribution in [3.05, 3.63) is 115 Å². The third-order valence-corrected chi connectivity index (χ3v) is 7.96. The molecule has 0 saturated carbocycles. The SMILES string of the molecule is N#Cc1cccnc1OC1CCN(Cc2ccc(-n3c(-c4cccnc4N)nc4ccc(-c5ccccc5)nc43)cc2)CC1. The van der Waals surface area contributed by atoms with Gasteiger partial charge in [-0.3, -0.25) is 9.47 Å². The van der Waals surface area contributed by atoms with E-state index < -0.39 is 0 Å². The minimum atomic E-state index is 0.0526. The maximum atomic E-state index is 9.34. The lowest BCUT2D eigenvalue weighted by Gasteiger charge is -2.32. The molecule has 6 aromatic rings. The fourth-order valence-electron chi connectivity index (χ4n) is 5.68. The smallest absolute Gasteiger partial charge is 0.231 e. The number of aromatic nitrogens is 5. The van der Waals surface area contributed by atoms with E-state index in [1.807, 2.05) is 42.5 Å². The van der Waals surface area contributed by atoms with Crippen molar-refractivity contribution in [1.82, 2.24) is 29.4 Å². The number of nitrogens with two attached hydrogens (primary N) is 1. The maximum absolute atomic E-state index is 9.34. The zero-order valence-electron chi connectivity index (χ0n) is 24.0. The van der Waals surface area contributed by atoms with Crippen LogP contribution in [0.15, 0.2) is 103 Å². The Labute approximate surface area is 255 Å². The second kappa shape index (κ2) is 12.0. The van der Waals surface area contributed by atoms with Crippen molar-refractivity contribution < 1.29 is 4.74 Å². The number of imidazole rings is 1. The second-order valence-corrected chi connectivity index (χ2v) is 10.8. The molecular weight excluding hydrogens is 548 g/mol. The van der Waals surface area contributed by atoms with Crippen LogP contribution in [0.25, 0.3) is 39.5 Å². The maximum Gasteiger partial charge on any atom is 0.231 e. The van der Waals surface area contributed by atoms with Crippen LogP contribution in [-0.2, 0) is 6.54 Å². The number of nitrogen functional groups attached to an aromatic ring is 1. The summed E-state index contributed by atoms with van der Waals surface area (Å²) in [4.78, 5) is 21.0. The number of nitriles is 1. The molecule has 2 N–H and O–H groups in total. The van der Waals surface area contributed by atoms with Crippen LogP contribution < -0.4 is 10.5 Å². The number of hydrogen-bond acceptors (Lipinski definition) is 8. The number of piperidine rings is 1. The van der Waals surface area contributed by atoms with Crippen molar-refractivity contribution in [3.63, 3.8) is 0 Å². The van der Waals surface area contributed by atoms with Gasteiger partial charge in [0.1, 0.15) is 29.1 Å². The summed E-state index contributed by atoms with van der Waals surface area (Å²) in [6, 6.07) is 32.2. The van der Waals surface area contributed by atoms with Crippen LogP contribution in [0.3, 0.4) is 0 Å². The van der Waals surface area contributed by atoms with Crippen molar-refractivity contribution in [3.8, 4) is 40.3 Å². The highest BCUT2D eigenvalue weighted by atomic mass is 16.5. The molecule has 4 aromatic heterocycles. The van der Waals surface area contributed by atoms with E-state index in [9.17, 15) is 5.26 Å². The van der Waals surface area contributed by atoms with Gasteiger partial charge in [0.15, 0.2) is 11.5 Å². The average molecular weight is 579 g/mol. The van der Waals surface area contributed by atoms with Gasteiger partial charge >= 0.3 is 0 Å². The van der Waals surface area contributed by atoms with E-state index in [1.165, 1.54) is 5.56 Å². The number of anilines is 1. The van der Waals surface area contributed by atoms with Crippen LogP contribution in [0.1, 0.15) is 24.0 Å². The number of fused-ring (bicyclic) bond motifs is 1. The second-order valence-electron chi connectivity index (χ2n) is 10.8. The molecule has 1 fully saturated rings. The normalized spacial score (nSPS) is 14.0. The molecule has 2 aromatic carbocycles. The fraction of sp³-hybridized carbons (Fsp3) is 0.171. The highest BCUT2D eigenvalue weighted by Crippen LogP contribution is 2.32. The highest BCUT2D eigenvalue weighted by Gasteiger charge is 2.23. The molecule has 5 heterocycles. The Hall–Kier alpha value is -5.59. The first-order valence-electron chi connectivity index (χ1n) is 14.7. The third kappa shape index (κ3) is 5.46. The van der Waals surface area contributed by atoms with Gasteiger partial charge in [0.25, 0.3) is 0 Å². The zero-order valence-corrected chi connectivity index (χ0v) is 24.0. The molecule has 1 saturated heterocycles. The Bertz CT molecular complexity index is 1960. The number of hydrogen-bond donors (Lipinski definition) is 1. The van der Waals surface area contributed by atoms with Gasteiger partial charge in [-0.2, -0.15) is 5.26 Å². The van der Waals surface area contributed by atoms with E-state index in [2.05, 4.69) is 61.9 Å². The Kier molecular flexibility index (Phi) is 7.41. The van der Waals surface area contributed by atoms with Crippen LogP contribution in [0.4, 0.5) is 5.82 Å². The summed E-state index contributed by atoms with van der Waals surface area (Å²) >= 11 is 0. The topological polar surface area (TPSA) is 119 Å². The minimum absolute atomic E-state index is 0.0526. The molecular formula is C35H30N8O. The van der Waals surface area contributed by atoms with E-state index in [-0.39, 0.29) is 6.10 Å². The van der Waals surface area contributed by atoms with Gasteiger partial charge in [-0.05, 0) is 66.9 Å². The molecule has 9 nitrogen and oxygen atoms in total. The first kappa shape index (κ1) is 27.3. The number of pyridine rings is 3. The van der Waals surface area contributed by atoms with Gasteiger partial charge in [-0.1, -0.05) is 42.5 Å². The van der Waals surface area contributed by atoms with Crippen LogP contribution in [0.2, 0.25) is 0 Å². The molecule has 1 aliphatic rings. The summed E-state index contributed by atoms with van der Waals surface area (Å²) in [5.41, 5.74) is 13.2. The number of rotatable bonds is 7. The van der Waals surface area contributed by atoms with E-state index >= 15 is 0 Å². The summed E-state index contributed by atoms with van der Waals surface area (Å²) < 4.78 is 8.14. The largest absolute Gasteiger partial charge is 0.473 e. The first-order valence-corrected chi connectivity index (χ1v) is 14.7. The lowest BCUT2D eigenvalue weighted by atomic mass is 10.1. The van der Waals surface area contributed by atoms with Gasteiger partial charge in [0.05, 0.1) is 11.3 Å². The van der Waals surface area contributed by atoms with Gasteiger partial charge < -0.3 is 10.5 Å². The summed E-state index contributed by atoms with van der Waals surface area (Å²) in [7, 11) is 0. The molecule has 0 amide bonds. The van der Waals surface area contributed by atoms with Crippen LogP contribution in [-0.4, -0.2) is 48.6 Å². The third-order valence-electron chi connectivity index (χ3n) is 7.96. The Balaban J connectivity index is 1.13. The summed E-state index contributed by atoms with van der Waals surface area (Å²) in [6.45, 7) is 2.65. The molecule has 0 radical (unpaired) electrons. The van der Waals surface area contributed by atoms with E-state index in [4.69, 9.17) is 20.4 Å². The molecule has 0 unspecified atom stereocenters. The van der Waals surface area contributed by atoms with Crippen molar-refractivity contribution in [2.45, 2.75) is 25.5 Å². The molecule has 0 spiro atoms. The molecule has 1 aliphatic heterocycles. The predicted octanol–water partition coefficient (Wildman–Crippen LogP) is 6.04. The van der Waals surface area contributed by atoms with E-state index in [1.54, 1.807) is 24.5 Å². The number of benzene rings is 2. The van der Waals surface area contributed by atoms with Crippen molar-refractivity contribution in [1.29, 1.82) is 5.26 Å². The van der Waals surface area contributed by atoms with Gasteiger partial charge in [0.2, 0.25) is 5.88 Å². The molecule has 0 aliphatic carbocycles. The molecule has 7 rings (SSSR count). The van der Waals surface area contributed by atoms with E-state index in [0.717, 1.165) is 66.1 Å². The van der Waals surface area contributed by atoms with Crippen LogP contribution in [0.5, 0.6) is 5.88 Å².